The molecule has 5 nitrogen and oxygen atoms in total. The molecule has 0 saturated heterocycles. The van der Waals surface area contributed by atoms with Crippen LogP contribution < -0.4 is 11.3 Å². The average molecular weight is 317 g/mol. The Labute approximate surface area is 137 Å². The zero-order valence-corrected chi connectivity index (χ0v) is 12.8. The lowest BCUT2D eigenvalue weighted by Gasteiger charge is -2.02. The van der Waals surface area contributed by atoms with E-state index in [-0.39, 0.29) is 5.56 Å². The standard InChI is InChI=1S/C13H9NO.C6H6N2O/c15-13-11-7-2-1-5-9(11)10-6-3-4-8-12(10)14-13;7-6(9)5-2-1-3-8-4-5/h1-8H,(H,14,15);1-4H,(H2,7,9). The van der Waals surface area contributed by atoms with Crippen molar-refractivity contribution in [2.24, 2.45) is 5.73 Å². The van der Waals surface area contributed by atoms with Gasteiger partial charge in [-0.1, -0.05) is 36.4 Å². The number of primary amides is 1. The van der Waals surface area contributed by atoms with Crippen LogP contribution in [0, 0.1) is 0 Å². The first-order chi connectivity index (χ1) is 11.7. The van der Waals surface area contributed by atoms with Gasteiger partial charge in [-0.15, -0.1) is 0 Å². The normalized spacial score (nSPS) is 10.2. The summed E-state index contributed by atoms with van der Waals surface area (Å²) in [6, 6.07) is 18.8. The van der Waals surface area contributed by atoms with Crippen molar-refractivity contribution in [1.82, 2.24) is 9.97 Å². The highest BCUT2D eigenvalue weighted by atomic mass is 16.1. The van der Waals surface area contributed by atoms with Gasteiger partial charge in [0, 0.05) is 28.7 Å². The van der Waals surface area contributed by atoms with Crippen LogP contribution in [-0.4, -0.2) is 15.9 Å². The van der Waals surface area contributed by atoms with Crippen LogP contribution in [0.4, 0.5) is 0 Å². The van der Waals surface area contributed by atoms with Crippen LogP contribution in [-0.2, 0) is 0 Å². The number of nitrogens with one attached hydrogen (secondary N) is 1. The van der Waals surface area contributed by atoms with E-state index < -0.39 is 5.91 Å². The third-order valence-corrected chi connectivity index (χ3v) is 3.58. The number of amides is 1. The van der Waals surface area contributed by atoms with Gasteiger partial charge in [0.25, 0.3) is 5.56 Å². The number of nitrogens with two attached hydrogens (primary N) is 1. The fraction of sp³-hybridized carbons (Fsp3) is 0. The molecule has 2 aromatic heterocycles. The molecule has 0 aliphatic carbocycles. The maximum Gasteiger partial charge on any atom is 0.256 e. The number of hydrogen-bond acceptors (Lipinski definition) is 3. The SMILES string of the molecule is NC(=O)c1cccnc1.O=c1[nH]c2ccccc2c2ccccc12. The van der Waals surface area contributed by atoms with Gasteiger partial charge < -0.3 is 10.7 Å². The van der Waals surface area contributed by atoms with E-state index >= 15 is 0 Å². The van der Waals surface area contributed by atoms with E-state index in [1.807, 2.05) is 48.5 Å². The van der Waals surface area contributed by atoms with Gasteiger partial charge in [0.2, 0.25) is 5.91 Å². The summed E-state index contributed by atoms with van der Waals surface area (Å²) in [6.45, 7) is 0. The summed E-state index contributed by atoms with van der Waals surface area (Å²) < 4.78 is 0. The minimum atomic E-state index is -0.442. The van der Waals surface area contributed by atoms with E-state index in [0.29, 0.717) is 5.56 Å². The average Bonchev–Trinajstić information content (AvgIpc) is 2.63. The third-order valence-electron chi connectivity index (χ3n) is 3.58. The molecule has 118 valence electrons. The second-order valence-electron chi connectivity index (χ2n) is 5.15. The van der Waals surface area contributed by atoms with Crippen LogP contribution in [0.2, 0.25) is 0 Å². The first-order valence-electron chi connectivity index (χ1n) is 7.36. The highest BCUT2D eigenvalue weighted by Crippen LogP contribution is 2.19. The van der Waals surface area contributed by atoms with Crippen molar-refractivity contribution < 1.29 is 4.79 Å². The van der Waals surface area contributed by atoms with E-state index in [1.165, 1.54) is 6.20 Å². The molecule has 0 aliphatic heterocycles. The van der Waals surface area contributed by atoms with Crippen LogP contribution in [0.15, 0.2) is 77.9 Å². The van der Waals surface area contributed by atoms with Crippen molar-refractivity contribution in [2.45, 2.75) is 0 Å². The Kier molecular flexibility index (Phi) is 4.34. The fourth-order valence-electron chi connectivity index (χ4n) is 2.44. The van der Waals surface area contributed by atoms with Crippen molar-refractivity contribution in [2.75, 3.05) is 0 Å². The Balaban J connectivity index is 0.000000162. The summed E-state index contributed by atoms with van der Waals surface area (Å²) in [6.07, 6.45) is 3.02. The smallest absolute Gasteiger partial charge is 0.256 e. The largest absolute Gasteiger partial charge is 0.366 e. The number of aromatic amines is 1. The molecule has 5 heteroatoms. The molecule has 0 radical (unpaired) electrons. The van der Waals surface area contributed by atoms with Gasteiger partial charge >= 0.3 is 0 Å². The molecule has 0 unspecified atom stereocenters. The summed E-state index contributed by atoms with van der Waals surface area (Å²) in [5, 5.41) is 2.85. The molecule has 4 aromatic rings. The molecule has 0 fully saturated rings. The summed E-state index contributed by atoms with van der Waals surface area (Å²) in [7, 11) is 0. The van der Waals surface area contributed by atoms with Crippen molar-refractivity contribution in [1.29, 1.82) is 0 Å². The zero-order valence-electron chi connectivity index (χ0n) is 12.8. The Morgan fingerprint density at radius 3 is 2.17 bits per heavy atom. The highest BCUT2D eigenvalue weighted by Gasteiger charge is 2.02. The second-order valence-corrected chi connectivity index (χ2v) is 5.15. The van der Waals surface area contributed by atoms with Crippen molar-refractivity contribution in [3.63, 3.8) is 0 Å². The minimum Gasteiger partial charge on any atom is -0.366 e. The van der Waals surface area contributed by atoms with E-state index in [1.54, 1.807) is 18.3 Å². The minimum absolute atomic E-state index is 0.0238. The molecule has 2 heterocycles. The third kappa shape index (κ3) is 3.15. The predicted octanol–water partition coefficient (Wildman–Crippen LogP) is 2.86. The number of H-pyrrole nitrogens is 1. The number of rotatable bonds is 1. The lowest BCUT2D eigenvalue weighted by Crippen LogP contribution is -2.10. The summed E-state index contributed by atoms with van der Waals surface area (Å²) >= 11 is 0. The van der Waals surface area contributed by atoms with E-state index in [2.05, 4.69) is 9.97 Å². The van der Waals surface area contributed by atoms with Gasteiger partial charge in [-0.3, -0.25) is 14.6 Å². The van der Waals surface area contributed by atoms with Gasteiger partial charge in [-0.2, -0.15) is 0 Å². The van der Waals surface area contributed by atoms with Crippen LogP contribution >= 0.6 is 0 Å². The molecular weight excluding hydrogens is 302 g/mol. The Morgan fingerprint density at radius 1 is 0.875 bits per heavy atom. The molecule has 0 atom stereocenters. The molecule has 4 rings (SSSR count). The highest BCUT2D eigenvalue weighted by molar-refractivity contribution is 6.05. The van der Waals surface area contributed by atoms with Gasteiger partial charge in [0.05, 0.1) is 5.56 Å². The maximum atomic E-state index is 11.7. The number of para-hydroxylation sites is 1. The maximum absolute atomic E-state index is 11.7. The number of benzene rings is 2. The number of carbonyl (C=O) groups is 1. The van der Waals surface area contributed by atoms with Gasteiger partial charge in [-0.05, 0) is 29.7 Å². The topological polar surface area (TPSA) is 88.8 Å². The van der Waals surface area contributed by atoms with Crippen molar-refractivity contribution >= 4 is 27.6 Å². The van der Waals surface area contributed by atoms with E-state index in [9.17, 15) is 9.59 Å². The first-order valence-corrected chi connectivity index (χ1v) is 7.36. The molecule has 0 aliphatic rings. The quantitative estimate of drug-likeness (QED) is 0.529. The van der Waals surface area contributed by atoms with Gasteiger partial charge in [0.1, 0.15) is 0 Å². The number of pyridine rings is 2. The number of carbonyl (C=O) groups excluding carboxylic acids is 1. The number of hydrogen-bond donors (Lipinski definition) is 2. The van der Waals surface area contributed by atoms with E-state index in [0.717, 1.165) is 21.7 Å². The number of aromatic nitrogens is 2. The van der Waals surface area contributed by atoms with Gasteiger partial charge in [-0.25, -0.2) is 0 Å². The summed E-state index contributed by atoms with van der Waals surface area (Å²) in [4.78, 5) is 28.7. The Morgan fingerprint density at radius 2 is 1.54 bits per heavy atom. The van der Waals surface area contributed by atoms with E-state index in [4.69, 9.17) is 5.73 Å². The molecule has 0 bridgehead atoms. The lowest BCUT2D eigenvalue weighted by atomic mass is 10.1. The molecule has 0 saturated carbocycles. The monoisotopic (exact) mass is 317 g/mol. The lowest BCUT2D eigenvalue weighted by molar-refractivity contribution is 0.1000. The van der Waals surface area contributed by atoms with Crippen LogP contribution in [0.1, 0.15) is 10.4 Å². The zero-order chi connectivity index (χ0) is 16.9. The predicted molar refractivity (Wildman–Crippen MR) is 94.8 cm³/mol. The molecule has 1 amide bonds. The molecule has 3 N–H and O–H groups in total. The summed E-state index contributed by atoms with van der Waals surface area (Å²) in [5.41, 5.74) is 6.24. The molecule has 24 heavy (non-hydrogen) atoms. The fourth-order valence-corrected chi connectivity index (χ4v) is 2.44. The van der Waals surface area contributed by atoms with Crippen LogP contribution in [0.25, 0.3) is 21.7 Å². The molecule has 2 aromatic carbocycles. The Hall–Kier alpha value is -3.47. The Bertz CT molecular complexity index is 1060. The number of nitrogens with zero attached hydrogens (tertiary/aromatic N) is 1. The first kappa shape index (κ1) is 15.4. The molecular formula is C19H15N3O2. The van der Waals surface area contributed by atoms with Crippen LogP contribution in [0.5, 0.6) is 0 Å². The van der Waals surface area contributed by atoms with Crippen LogP contribution in [0.3, 0.4) is 0 Å². The second kappa shape index (κ2) is 6.75. The summed E-state index contributed by atoms with van der Waals surface area (Å²) in [5.74, 6) is -0.442. The van der Waals surface area contributed by atoms with Gasteiger partial charge in [0.15, 0.2) is 0 Å². The van der Waals surface area contributed by atoms with Crippen molar-refractivity contribution in [3.8, 4) is 0 Å². The number of fused-ring (bicyclic) bond motifs is 3. The molecule has 0 spiro atoms. The van der Waals surface area contributed by atoms with Crippen molar-refractivity contribution in [3.05, 3.63) is 89.0 Å².